The molecule has 11 heteroatoms. The van der Waals surface area contributed by atoms with Crippen LogP contribution in [0.4, 0.5) is 4.79 Å². The Morgan fingerprint density at radius 3 is 2.24 bits per heavy atom. The van der Waals surface area contributed by atoms with Crippen molar-refractivity contribution < 1.29 is 33.8 Å². The van der Waals surface area contributed by atoms with Crippen LogP contribution in [0.5, 0.6) is 0 Å². The Morgan fingerprint density at radius 1 is 1.18 bits per heavy atom. The molecule has 0 aliphatic carbocycles. The van der Waals surface area contributed by atoms with Gasteiger partial charge >= 0.3 is 12.1 Å². The van der Waals surface area contributed by atoms with Crippen molar-refractivity contribution in [3.63, 3.8) is 0 Å². The molecule has 34 heavy (non-hydrogen) atoms. The van der Waals surface area contributed by atoms with E-state index in [1.165, 1.54) is 0 Å². The molecule has 3 N–H and O–H groups in total. The zero-order valence-electron chi connectivity index (χ0n) is 20.3. The highest BCUT2D eigenvalue weighted by molar-refractivity contribution is 5.93. The quantitative estimate of drug-likeness (QED) is 0.350. The molecule has 0 heterocycles. The normalized spacial score (nSPS) is 12.5. The molecule has 0 spiro atoms. The zero-order chi connectivity index (χ0) is 26.1. The number of ether oxygens (including phenoxy) is 2. The number of amides is 3. The van der Waals surface area contributed by atoms with Gasteiger partial charge in [0.25, 0.3) is 0 Å². The van der Waals surface area contributed by atoms with E-state index in [4.69, 9.17) is 4.74 Å². The number of nitrogens with zero attached hydrogens (tertiary/aromatic N) is 2. The predicted molar refractivity (Wildman–Crippen MR) is 121 cm³/mol. The van der Waals surface area contributed by atoms with Crippen molar-refractivity contribution in [3.8, 4) is 6.07 Å². The average Bonchev–Trinajstić information content (AvgIpc) is 2.75. The molecule has 0 aliphatic heterocycles. The number of aryl methyl sites for hydroxylation is 2. The van der Waals surface area contributed by atoms with Crippen molar-refractivity contribution in [3.05, 3.63) is 34.9 Å². The van der Waals surface area contributed by atoms with E-state index in [9.17, 15) is 29.5 Å². The van der Waals surface area contributed by atoms with Crippen molar-refractivity contribution in [2.75, 3.05) is 26.8 Å². The van der Waals surface area contributed by atoms with Gasteiger partial charge < -0.3 is 30.1 Å². The summed E-state index contributed by atoms with van der Waals surface area (Å²) in [5.74, 6) is -2.32. The predicted octanol–water partition coefficient (Wildman–Crippen LogP) is 0.872. The van der Waals surface area contributed by atoms with Gasteiger partial charge in [0.05, 0.1) is 19.8 Å². The number of esters is 1. The molecule has 0 bridgehead atoms. The van der Waals surface area contributed by atoms with E-state index >= 15 is 0 Å². The molecule has 0 aliphatic rings. The van der Waals surface area contributed by atoms with Crippen molar-refractivity contribution in [1.29, 1.82) is 5.26 Å². The summed E-state index contributed by atoms with van der Waals surface area (Å²) in [6.07, 6.45) is -0.949. The molecular weight excluding hydrogens is 444 g/mol. The molecular formula is C23H32N4O7. The zero-order valence-corrected chi connectivity index (χ0v) is 20.3. The Hall–Kier alpha value is -3.65. The SMILES string of the molecule is COC(=O)CNC(=O)C(c1c(C)cccc1C)N(CC#N)C(=O)C(CO)NC(=O)OC(C)(C)C. The highest BCUT2D eigenvalue weighted by Gasteiger charge is 2.37. The lowest BCUT2D eigenvalue weighted by Crippen LogP contribution is -2.54. The number of hydrogen-bond donors (Lipinski definition) is 3. The van der Waals surface area contributed by atoms with Gasteiger partial charge in [-0.05, 0) is 51.3 Å². The van der Waals surface area contributed by atoms with E-state index in [-0.39, 0.29) is 0 Å². The minimum Gasteiger partial charge on any atom is -0.468 e. The fourth-order valence-corrected chi connectivity index (χ4v) is 3.22. The van der Waals surface area contributed by atoms with Crippen LogP contribution in [0.25, 0.3) is 0 Å². The van der Waals surface area contributed by atoms with Crippen LogP contribution >= 0.6 is 0 Å². The lowest BCUT2D eigenvalue weighted by Gasteiger charge is -2.33. The average molecular weight is 477 g/mol. The maximum Gasteiger partial charge on any atom is 0.408 e. The molecule has 0 saturated carbocycles. The molecule has 0 fully saturated rings. The molecule has 1 aromatic carbocycles. The molecule has 3 amide bonds. The third-order valence-corrected chi connectivity index (χ3v) is 4.71. The summed E-state index contributed by atoms with van der Waals surface area (Å²) >= 11 is 0. The number of carbonyl (C=O) groups is 4. The lowest BCUT2D eigenvalue weighted by molar-refractivity contribution is -0.144. The number of nitrogens with one attached hydrogen (secondary N) is 2. The van der Waals surface area contributed by atoms with Gasteiger partial charge in [0, 0.05) is 0 Å². The number of aliphatic hydroxyl groups is 1. The first-order valence-corrected chi connectivity index (χ1v) is 10.5. The number of alkyl carbamates (subject to hydrolysis) is 1. The summed E-state index contributed by atoms with van der Waals surface area (Å²) in [7, 11) is 1.16. The summed E-state index contributed by atoms with van der Waals surface area (Å²) in [5, 5.41) is 23.9. The minimum absolute atomic E-state index is 0.447. The molecule has 2 atom stereocenters. The second-order valence-electron chi connectivity index (χ2n) is 8.51. The fraction of sp³-hybridized carbons (Fsp3) is 0.522. The Balaban J connectivity index is 3.43. The molecule has 186 valence electrons. The van der Waals surface area contributed by atoms with E-state index in [1.807, 2.05) is 6.07 Å². The Kier molecular flexibility index (Phi) is 10.5. The number of hydrogen-bond acceptors (Lipinski definition) is 8. The Bertz CT molecular complexity index is 929. The molecule has 2 unspecified atom stereocenters. The number of carbonyl (C=O) groups excluding carboxylic acids is 4. The van der Waals surface area contributed by atoms with Crippen molar-refractivity contribution >= 4 is 23.9 Å². The topological polar surface area (TPSA) is 158 Å². The highest BCUT2D eigenvalue weighted by atomic mass is 16.6. The van der Waals surface area contributed by atoms with Gasteiger partial charge in [0.15, 0.2) is 0 Å². The second-order valence-corrected chi connectivity index (χ2v) is 8.51. The number of benzene rings is 1. The number of aliphatic hydroxyl groups excluding tert-OH is 1. The summed E-state index contributed by atoms with van der Waals surface area (Å²) < 4.78 is 9.69. The number of rotatable bonds is 9. The number of nitriles is 1. The van der Waals surface area contributed by atoms with E-state index in [0.717, 1.165) is 12.0 Å². The molecule has 0 radical (unpaired) electrons. The van der Waals surface area contributed by atoms with Crippen LogP contribution in [0.3, 0.4) is 0 Å². The first-order chi connectivity index (χ1) is 15.9. The van der Waals surface area contributed by atoms with E-state index in [0.29, 0.717) is 16.7 Å². The molecule has 0 aromatic heterocycles. The summed E-state index contributed by atoms with van der Waals surface area (Å²) in [5.41, 5.74) is 0.917. The number of methoxy groups -OCH3 is 1. The standard InChI is InChI=1S/C23H32N4O7/c1-14-8-7-9-15(2)18(14)19(20(30)25-12-17(29)33-6)27(11-10-24)21(31)16(13-28)26-22(32)34-23(3,4)5/h7-9,16,19,28H,11-13H2,1-6H3,(H,25,30)(H,26,32). The summed E-state index contributed by atoms with van der Waals surface area (Å²) in [6, 6.07) is 4.28. The van der Waals surface area contributed by atoms with Crippen molar-refractivity contribution in [2.45, 2.75) is 52.3 Å². The summed E-state index contributed by atoms with van der Waals surface area (Å²) in [4.78, 5) is 51.3. The van der Waals surface area contributed by atoms with Crippen LogP contribution in [-0.4, -0.2) is 72.3 Å². The van der Waals surface area contributed by atoms with E-state index < -0.39 is 61.3 Å². The summed E-state index contributed by atoms with van der Waals surface area (Å²) in [6.45, 7) is 6.58. The smallest absolute Gasteiger partial charge is 0.408 e. The maximum atomic E-state index is 13.4. The van der Waals surface area contributed by atoms with E-state index in [1.54, 1.807) is 52.8 Å². The van der Waals surface area contributed by atoms with Crippen LogP contribution in [0.15, 0.2) is 18.2 Å². The minimum atomic E-state index is -1.48. The van der Waals surface area contributed by atoms with Crippen LogP contribution < -0.4 is 10.6 Å². The van der Waals surface area contributed by atoms with Crippen LogP contribution in [0, 0.1) is 25.2 Å². The van der Waals surface area contributed by atoms with Gasteiger partial charge in [-0.25, -0.2) is 4.79 Å². The third-order valence-electron chi connectivity index (χ3n) is 4.71. The van der Waals surface area contributed by atoms with E-state index in [2.05, 4.69) is 15.4 Å². The maximum absolute atomic E-state index is 13.4. The Morgan fingerprint density at radius 2 is 1.76 bits per heavy atom. The van der Waals surface area contributed by atoms with Gasteiger partial charge in [-0.1, -0.05) is 18.2 Å². The highest BCUT2D eigenvalue weighted by Crippen LogP contribution is 2.28. The van der Waals surface area contributed by atoms with Crippen LogP contribution in [0.2, 0.25) is 0 Å². The third kappa shape index (κ3) is 8.04. The van der Waals surface area contributed by atoms with Gasteiger partial charge in [-0.3, -0.25) is 14.4 Å². The molecule has 1 aromatic rings. The van der Waals surface area contributed by atoms with Crippen LogP contribution in [0.1, 0.15) is 43.5 Å². The van der Waals surface area contributed by atoms with Gasteiger partial charge in [-0.2, -0.15) is 5.26 Å². The molecule has 0 saturated heterocycles. The molecule has 1 rings (SSSR count). The fourth-order valence-electron chi connectivity index (χ4n) is 3.22. The lowest BCUT2D eigenvalue weighted by atomic mass is 9.93. The first kappa shape index (κ1) is 28.4. The van der Waals surface area contributed by atoms with Crippen molar-refractivity contribution in [2.24, 2.45) is 0 Å². The Labute approximate surface area is 199 Å². The monoisotopic (exact) mass is 476 g/mol. The second kappa shape index (κ2) is 12.6. The van der Waals surface area contributed by atoms with Gasteiger partial charge in [0.1, 0.15) is 30.8 Å². The van der Waals surface area contributed by atoms with Gasteiger partial charge in [-0.15, -0.1) is 0 Å². The van der Waals surface area contributed by atoms with Crippen LogP contribution in [-0.2, 0) is 23.9 Å². The van der Waals surface area contributed by atoms with Crippen molar-refractivity contribution in [1.82, 2.24) is 15.5 Å². The van der Waals surface area contributed by atoms with Gasteiger partial charge in [0.2, 0.25) is 11.8 Å². The first-order valence-electron chi connectivity index (χ1n) is 10.5. The molecule has 11 nitrogen and oxygen atoms in total. The largest absolute Gasteiger partial charge is 0.468 e.